The lowest BCUT2D eigenvalue weighted by atomic mass is 10.0. The summed E-state index contributed by atoms with van der Waals surface area (Å²) in [6.07, 6.45) is 4.43. The molecule has 0 aliphatic heterocycles. The highest BCUT2D eigenvalue weighted by atomic mass is 28.3. The average molecular weight is 399 g/mol. The zero-order chi connectivity index (χ0) is 21.3. The van der Waals surface area contributed by atoms with Crippen LogP contribution in [0.25, 0.3) is 6.08 Å². The van der Waals surface area contributed by atoms with Gasteiger partial charge in [0.25, 0.3) is 0 Å². The summed E-state index contributed by atoms with van der Waals surface area (Å²) in [5.41, 5.74) is 6.99. The predicted molar refractivity (Wildman–Crippen MR) is 124 cm³/mol. The first-order valence-corrected chi connectivity index (χ1v) is 12.8. The number of rotatable bonds is 9. The molecule has 1 aromatic carbocycles. The maximum absolute atomic E-state index is 12.9. The van der Waals surface area contributed by atoms with Crippen LogP contribution in [0.2, 0.25) is 16.6 Å². The van der Waals surface area contributed by atoms with Crippen molar-refractivity contribution in [1.29, 1.82) is 0 Å². The summed E-state index contributed by atoms with van der Waals surface area (Å²) < 4.78 is 5.24. The van der Waals surface area contributed by atoms with Gasteiger partial charge in [-0.1, -0.05) is 72.9 Å². The molecule has 0 N–H and O–H groups in total. The number of allylic oxidation sites excluding steroid dienone is 1. The number of carbonyl (C=O) groups is 1. The van der Waals surface area contributed by atoms with Crippen molar-refractivity contribution >= 4 is 19.9 Å². The zero-order valence-electron chi connectivity index (χ0n) is 19.1. The molecule has 0 bridgehead atoms. The second-order valence-corrected chi connectivity index (χ2v) is 14.1. The Morgan fingerprint density at radius 1 is 1.04 bits per heavy atom. The third-order valence-electron chi connectivity index (χ3n) is 5.76. The van der Waals surface area contributed by atoms with Crippen molar-refractivity contribution in [3.63, 3.8) is 0 Å². The lowest BCUT2D eigenvalue weighted by Crippen LogP contribution is -2.43. The molecule has 0 aliphatic rings. The van der Waals surface area contributed by atoms with Gasteiger partial charge in [-0.3, -0.25) is 4.79 Å². The summed E-state index contributed by atoms with van der Waals surface area (Å²) in [7, 11) is -0.217. The Balaban J connectivity index is 3.42. The van der Waals surface area contributed by atoms with Gasteiger partial charge in [-0.15, -0.1) is 5.54 Å². The Morgan fingerprint density at radius 2 is 1.57 bits per heavy atom. The Hall–Kier alpha value is -1.79. The minimum absolute atomic E-state index is 0.157. The average Bonchev–Trinajstić information content (AvgIpc) is 2.65. The molecule has 0 aromatic heterocycles. The van der Waals surface area contributed by atoms with Gasteiger partial charge in [0.15, 0.2) is 5.78 Å². The lowest BCUT2D eigenvalue weighted by molar-refractivity contribution is -0.115. The molecule has 1 aromatic rings. The molecule has 0 aliphatic carbocycles. The van der Waals surface area contributed by atoms with Crippen molar-refractivity contribution in [2.75, 3.05) is 7.11 Å². The third-order valence-corrected chi connectivity index (χ3v) is 12.1. The van der Waals surface area contributed by atoms with Crippen molar-refractivity contribution < 1.29 is 9.53 Å². The van der Waals surface area contributed by atoms with Crippen molar-refractivity contribution in [3.05, 3.63) is 35.4 Å². The summed E-state index contributed by atoms with van der Waals surface area (Å²) in [5, 5.41) is 0. The van der Waals surface area contributed by atoms with E-state index in [0.717, 1.165) is 24.2 Å². The normalized spacial score (nSPS) is 12.3. The number of ether oxygens (including phenoxy) is 1. The summed E-state index contributed by atoms with van der Waals surface area (Å²) in [5.74, 6) is 4.35. The van der Waals surface area contributed by atoms with Crippen LogP contribution >= 0.6 is 0 Å². The summed E-state index contributed by atoms with van der Waals surface area (Å²) in [6.45, 7) is 15.9. The fraction of sp³-hybridized carbons (Fsp3) is 0.560. The summed E-state index contributed by atoms with van der Waals surface area (Å²) >= 11 is 0. The monoisotopic (exact) mass is 398 g/mol. The SMILES string of the molecule is CCCCC(=O)/C(C#C[Si](C(C)C)(C(C)C)C(C)C)=C/c1ccc(OC)cc1. The van der Waals surface area contributed by atoms with Gasteiger partial charge in [0.2, 0.25) is 0 Å². The molecule has 1 rings (SSSR count). The second-order valence-electron chi connectivity index (χ2n) is 8.51. The molecule has 0 saturated carbocycles. The van der Waals surface area contributed by atoms with Crippen LogP contribution in [0.3, 0.4) is 0 Å². The molecule has 0 spiro atoms. The Kier molecular flexibility index (Phi) is 9.76. The molecule has 0 unspecified atom stereocenters. The number of Topliss-reactive ketones (excluding diaryl/α,β-unsaturated/α-hetero) is 1. The number of ketones is 1. The van der Waals surface area contributed by atoms with Crippen LogP contribution in [0.5, 0.6) is 5.75 Å². The van der Waals surface area contributed by atoms with Crippen molar-refractivity contribution in [2.45, 2.75) is 84.4 Å². The number of hydrogen-bond donors (Lipinski definition) is 0. The van der Waals surface area contributed by atoms with Gasteiger partial charge < -0.3 is 4.74 Å². The number of unbranched alkanes of at least 4 members (excludes halogenated alkanes) is 1. The van der Waals surface area contributed by atoms with Gasteiger partial charge in [0.05, 0.1) is 12.7 Å². The first kappa shape index (κ1) is 24.2. The van der Waals surface area contributed by atoms with E-state index >= 15 is 0 Å². The molecule has 3 heteroatoms. The number of benzene rings is 1. The minimum Gasteiger partial charge on any atom is -0.497 e. The maximum atomic E-state index is 12.9. The zero-order valence-corrected chi connectivity index (χ0v) is 20.1. The first-order valence-electron chi connectivity index (χ1n) is 10.6. The fourth-order valence-electron chi connectivity index (χ4n) is 4.13. The molecule has 28 heavy (non-hydrogen) atoms. The molecule has 0 amide bonds. The van der Waals surface area contributed by atoms with E-state index in [1.165, 1.54) is 0 Å². The second kappa shape index (κ2) is 11.3. The first-order chi connectivity index (χ1) is 13.2. The molecule has 0 saturated heterocycles. The van der Waals surface area contributed by atoms with Crippen LogP contribution < -0.4 is 4.74 Å². The van der Waals surface area contributed by atoms with Gasteiger partial charge in [0.1, 0.15) is 13.8 Å². The number of carbonyl (C=O) groups excluding carboxylic acids is 1. The molecule has 0 fully saturated rings. The van der Waals surface area contributed by atoms with Crippen LogP contribution in [0.1, 0.15) is 73.3 Å². The molecule has 0 heterocycles. The highest BCUT2D eigenvalue weighted by molar-refractivity contribution is 6.90. The largest absolute Gasteiger partial charge is 0.497 e. The van der Waals surface area contributed by atoms with E-state index in [0.29, 0.717) is 28.6 Å². The summed E-state index contributed by atoms with van der Waals surface area (Å²) in [6, 6.07) is 7.79. The van der Waals surface area contributed by atoms with Crippen molar-refractivity contribution in [1.82, 2.24) is 0 Å². The standard InChI is InChI=1S/C25H38O2Si/c1-9-10-11-25(26)23(18-22-12-14-24(27-8)15-13-22)16-17-28(19(2)3,20(4)5)21(6)7/h12-15,18-21H,9-11H2,1-8H3/b23-18+. The molecule has 154 valence electrons. The fourth-order valence-corrected chi connectivity index (χ4v) is 9.35. The number of methoxy groups -OCH3 is 1. The molecular formula is C25H38O2Si. The van der Waals surface area contributed by atoms with Crippen LogP contribution in [-0.2, 0) is 4.79 Å². The van der Waals surface area contributed by atoms with Gasteiger partial charge in [-0.05, 0) is 46.8 Å². The van der Waals surface area contributed by atoms with Crippen LogP contribution in [-0.4, -0.2) is 21.0 Å². The van der Waals surface area contributed by atoms with E-state index in [1.54, 1.807) is 7.11 Å². The Labute approximate surface area is 173 Å². The van der Waals surface area contributed by atoms with Crippen molar-refractivity contribution in [3.8, 4) is 17.2 Å². The van der Waals surface area contributed by atoms with E-state index < -0.39 is 8.07 Å². The van der Waals surface area contributed by atoms with E-state index in [4.69, 9.17) is 4.74 Å². The topological polar surface area (TPSA) is 26.3 Å². The van der Waals surface area contributed by atoms with Crippen LogP contribution in [0.15, 0.2) is 29.8 Å². The third kappa shape index (κ3) is 6.11. The van der Waals surface area contributed by atoms with E-state index in [-0.39, 0.29) is 5.78 Å². The highest BCUT2D eigenvalue weighted by Gasteiger charge is 2.41. The quantitative estimate of drug-likeness (QED) is 0.253. The van der Waals surface area contributed by atoms with E-state index in [2.05, 4.69) is 59.9 Å². The van der Waals surface area contributed by atoms with Gasteiger partial charge in [-0.25, -0.2) is 0 Å². The predicted octanol–water partition coefficient (Wildman–Crippen LogP) is 7.06. The Morgan fingerprint density at radius 3 is 2.00 bits per heavy atom. The van der Waals surface area contributed by atoms with Gasteiger partial charge in [-0.2, -0.15) is 0 Å². The number of hydrogen-bond acceptors (Lipinski definition) is 2. The van der Waals surface area contributed by atoms with Crippen LogP contribution in [0.4, 0.5) is 0 Å². The van der Waals surface area contributed by atoms with E-state index in [1.807, 2.05) is 30.3 Å². The van der Waals surface area contributed by atoms with Gasteiger partial charge in [0, 0.05) is 6.42 Å². The molecule has 0 atom stereocenters. The highest BCUT2D eigenvalue weighted by Crippen LogP contribution is 2.40. The maximum Gasteiger partial charge on any atom is 0.171 e. The Bertz CT molecular complexity index is 693. The lowest BCUT2D eigenvalue weighted by Gasteiger charge is -2.38. The van der Waals surface area contributed by atoms with Crippen LogP contribution in [0, 0.1) is 11.5 Å². The van der Waals surface area contributed by atoms with Gasteiger partial charge >= 0.3 is 0 Å². The van der Waals surface area contributed by atoms with Crippen molar-refractivity contribution in [2.24, 2.45) is 0 Å². The summed E-state index contributed by atoms with van der Waals surface area (Å²) in [4.78, 5) is 12.9. The molecular weight excluding hydrogens is 360 g/mol. The smallest absolute Gasteiger partial charge is 0.171 e. The minimum atomic E-state index is -1.87. The molecule has 0 radical (unpaired) electrons. The van der Waals surface area contributed by atoms with E-state index in [9.17, 15) is 4.79 Å². The molecule has 2 nitrogen and oxygen atoms in total.